The number of hydrogen-bond donors (Lipinski definition) is 1. The zero-order valence-corrected chi connectivity index (χ0v) is 15.8. The number of hydrogen-bond acceptors (Lipinski definition) is 3. The summed E-state index contributed by atoms with van der Waals surface area (Å²) >= 11 is 6.04. The number of ether oxygens (including phenoxy) is 1. The lowest BCUT2D eigenvalue weighted by atomic mass is 10.0. The molecule has 1 aliphatic rings. The van der Waals surface area contributed by atoms with E-state index in [1.54, 1.807) is 53.4 Å². The first kappa shape index (κ1) is 18.3. The standard InChI is InChI=1S/C21H17ClFN3O2/c1-26-8-7-24-20(26)19(13-3-2-4-17(23)11-13)25-21(27)15-9-14-10-16(22)5-6-18(14)28-12-15/h2-11,19H,12H2,1H3,(H,25,27). The molecule has 142 valence electrons. The van der Waals surface area contributed by atoms with Gasteiger partial charge in [-0.2, -0.15) is 0 Å². The third-order valence-electron chi connectivity index (χ3n) is 4.55. The van der Waals surface area contributed by atoms with Gasteiger partial charge < -0.3 is 14.6 Å². The van der Waals surface area contributed by atoms with Crippen LogP contribution in [0.1, 0.15) is 23.0 Å². The summed E-state index contributed by atoms with van der Waals surface area (Å²) in [5, 5.41) is 3.51. The molecule has 28 heavy (non-hydrogen) atoms. The van der Waals surface area contributed by atoms with Gasteiger partial charge in [0.2, 0.25) is 0 Å². The maximum atomic E-state index is 13.8. The Morgan fingerprint density at radius 2 is 2.18 bits per heavy atom. The molecule has 0 bridgehead atoms. The molecule has 1 unspecified atom stereocenters. The molecule has 1 aromatic heterocycles. The highest BCUT2D eigenvalue weighted by Gasteiger charge is 2.24. The monoisotopic (exact) mass is 397 g/mol. The molecule has 0 saturated carbocycles. The van der Waals surface area contributed by atoms with Crippen molar-refractivity contribution >= 4 is 23.6 Å². The van der Waals surface area contributed by atoms with Crippen molar-refractivity contribution in [2.45, 2.75) is 6.04 Å². The topological polar surface area (TPSA) is 56.2 Å². The second-order valence-corrected chi connectivity index (χ2v) is 6.93. The first-order valence-electron chi connectivity index (χ1n) is 8.68. The van der Waals surface area contributed by atoms with Gasteiger partial charge in [-0.1, -0.05) is 23.7 Å². The average molecular weight is 398 g/mol. The van der Waals surface area contributed by atoms with E-state index in [2.05, 4.69) is 10.3 Å². The minimum absolute atomic E-state index is 0.136. The van der Waals surface area contributed by atoms with Gasteiger partial charge >= 0.3 is 0 Å². The Morgan fingerprint density at radius 1 is 1.32 bits per heavy atom. The molecule has 1 atom stereocenters. The SMILES string of the molecule is Cn1ccnc1C(NC(=O)C1=Cc2cc(Cl)ccc2OC1)c1cccc(F)c1. The number of rotatable bonds is 4. The van der Waals surface area contributed by atoms with E-state index in [1.807, 2.05) is 7.05 Å². The van der Waals surface area contributed by atoms with Crippen LogP contribution in [-0.4, -0.2) is 22.1 Å². The molecule has 0 fully saturated rings. The van der Waals surface area contributed by atoms with Crippen molar-refractivity contribution < 1.29 is 13.9 Å². The lowest BCUT2D eigenvalue weighted by Gasteiger charge is -2.22. The van der Waals surface area contributed by atoms with Gasteiger partial charge in [0.1, 0.15) is 30.0 Å². The van der Waals surface area contributed by atoms with Gasteiger partial charge in [-0.3, -0.25) is 4.79 Å². The molecule has 1 N–H and O–H groups in total. The van der Waals surface area contributed by atoms with Gasteiger partial charge in [0, 0.05) is 30.0 Å². The van der Waals surface area contributed by atoms with Crippen molar-refractivity contribution in [3.63, 3.8) is 0 Å². The summed E-state index contributed by atoms with van der Waals surface area (Å²) in [4.78, 5) is 17.3. The minimum Gasteiger partial charge on any atom is -0.488 e. The second-order valence-electron chi connectivity index (χ2n) is 6.50. The first-order valence-corrected chi connectivity index (χ1v) is 9.05. The van der Waals surface area contributed by atoms with Crippen molar-refractivity contribution in [3.8, 4) is 5.75 Å². The molecule has 4 rings (SSSR count). The Labute approximate surface area is 166 Å². The quantitative estimate of drug-likeness (QED) is 0.726. The molecule has 0 radical (unpaired) electrons. The van der Waals surface area contributed by atoms with E-state index < -0.39 is 6.04 Å². The minimum atomic E-state index is -0.607. The predicted octanol–water partition coefficient (Wildman–Crippen LogP) is 3.89. The van der Waals surface area contributed by atoms with Crippen molar-refractivity contribution in [2.75, 3.05) is 6.61 Å². The van der Waals surface area contributed by atoms with Crippen LogP contribution in [0.4, 0.5) is 4.39 Å². The fraction of sp³-hybridized carbons (Fsp3) is 0.143. The molecular formula is C21H17ClFN3O2. The third kappa shape index (κ3) is 3.64. The molecule has 3 aromatic rings. The van der Waals surface area contributed by atoms with Gasteiger partial charge in [0.15, 0.2) is 0 Å². The zero-order chi connectivity index (χ0) is 19.7. The van der Waals surface area contributed by atoms with E-state index in [0.29, 0.717) is 27.7 Å². The summed E-state index contributed by atoms with van der Waals surface area (Å²) < 4.78 is 21.2. The van der Waals surface area contributed by atoms with E-state index in [1.165, 1.54) is 12.1 Å². The lowest BCUT2D eigenvalue weighted by Crippen LogP contribution is -2.34. The maximum absolute atomic E-state index is 13.8. The van der Waals surface area contributed by atoms with E-state index in [4.69, 9.17) is 16.3 Å². The Kier molecular flexibility index (Phi) is 4.88. The van der Waals surface area contributed by atoms with Crippen molar-refractivity contribution in [2.24, 2.45) is 7.05 Å². The van der Waals surface area contributed by atoms with Crippen LogP contribution in [0.25, 0.3) is 6.08 Å². The number of imidazole rings is 1. The van der Waals surface area contributed by atoms with Gasteiger partial charge in [-0.05, 0) is 42.0 Å². The number of aryl methyl sites for hydroxylation is 1. The predicted molar refractivity (Wildman–Crippen MR) is 105 cm³/mol. The van der Waals surface area contributed by atoms with Crippen molar-refractivity contribution in [1.29, 1.82) is 0 Å². The Morgan fingerprint density at radius 3 is 2.93 bits per heavy atom. The number of nitrogens with zero attached hydrogens (tertiary/aromatic N) is 2. The molecule has 1 aliphatic heterocycles. The smallest absolute Gasteiger partial charge is 0.251 e. The molecule has 0 aliphatic carbocycles. The fourth-order valence-corrected chi connectivity index (χ4v) is 3.32. The van der Waals surface area contributed by atoms with Crippen LogP contribution in [0.2, 0.25) is 5.02 Å². The molecule has 2 heterocycles. The van der Waals surface area contributed by atoms with Crippen LogP contribution in [0.5, 0.6) is 5.75 Å². The van der Waals surface area contributed by atoms with Crippen LogP contribution in [0, 0.1) is 5.82 Å². The molecule has 7 heteroatoms. The summed E-state index contributed by atoms with van der Waals surface area (Å²) in [6.07, 6.45) is 5.16. The Hall–Kier alpha value is -3.12. The molecule has 5 nitrogen and oxygen atoms in total. The molecule has 0 spiro atoms. The molecule has 0 saturated heterocycles. The number of aromatic nitrogens is 2. The Balaban J connectivity index is 1.66. The number of benzene rings is 2. The maximum Gasteiger partial charge on any atom is 0.251 e. The summed E-state index contributed by atoms with van der Waals surface area (Å²) in [5.41, 5.74) is 1.79. The Bertz CT molecular complexity index is 1080. The highest BCUT2D eigenvalue weighted by Crippen LogP contribution is 2.29. The van der Waals surface area contributed by atoms with Crippen LogP contribution >= 0.6 is 11.6 Å². The number of amides is 1. The highest BCUT2D eigenvalue weighted by molar-refractivity contribution is 6.30. The van der Waals surface area contributed by atoms with E-state index in [-0.39, 0.29) is 18.3 Å². The van der Waals surface area contributed by atoms with Crippen molar-refractivity contribution in [1.82, 2.24) is 14.9 Å². The van der Waals surface area contributed by atoms with Crippen LogP contribution in [0.3, 0.4) is 0 Å². The second kappa shape index (κ2) is 7.48. The lowest BCUT2D eigenvalue weighted by molar-refractivity contribution is -0.118. The van der Waals surface area contributed by atoms with E-state index in [0.717, 1.165) is 5.56 Å². The van der Waals surface area contributed by atoms with Gasteiger partial charge in [-0.15, -0.1) is 0 Å². The summed E-state index contributed by atoms with van der Waals surface area (Å²) in [6, 6.07) is 10.8. The molecular weight excluding hydrogens is 381 g/mol. The van der Waals surface area contributed by atoms with Gasteiger partial charge in [0.25, 0.3) is 5.91 Å². The third-order valence-corrected chi connectivity index (χ3v) is 4.79. The van der Waals surface area contributed by atoms with E-state index in [9.17, 15) is 9.18 Å². The molecule has 1 amide bonds. The average Bonchev–Trinajstić information content (AvgIpc) is 3.11. The van der Waals surface area contributed by atoms with Crippen LogP contribution < -0.4 is 10.1 Å². The fourth-order valence-electron chi connectivity index (χ4n) is 3.14. The first-order chi connectivity index (χ1) is 13.5. The number of fused-ring (bicyclic) bond motifs is 1. The number of carbonyl (C=O) groups is 1. The highest BCUT2D eigenvalue weighted by atomic mass is 35.5. The molecule has 2 aromatic carbocycles. The zero-order valence-electron chi connectivity index (χ0n) is 15.0. The van der Waals surface area contributed by atoms with Crippen LogP contribution in [0.15, 0.2) is 60.4 Å². The number of carbonyl (C=O) groups excluding carboxylic acids is 1. The largest absolute Gasteiger partial charge is 0.488 e. The summed E-state index contributed by atoms with van der Waals surface area (Å²) in [7, 11) is 1.82. The van der Waals surface area contributed by atoms with Crippen molar-refractivity contribution in [3.05, 3.63) is 88.2 Å². The normalized spacial score (nSPS) is 13.9. The van der Waals surface area contributed by atoms with Gasteiger partial charge in [0.05, 0.1) is 5.57 Å². The number of nitrogens with one attached hydrogen (secondary N) is 1. The number of halogens is 2. The summed E-state index contributed by atoms with van der Waals surface area (Å²) in [6.45, 7) is 0.136. The van der Waals surface area contributed by atoms with E-state index >= 15 is 0 Å². The van der Waals surface area contributed by atoms with Crippen LogP contribution in [-0.2, 0) is 11.8 Å². The summed E-state index contributed by atoms with van der Waals surface area (Å²) in [5.74, 6) is 0.573. The van der Waals surface area contributed by atoms with Gasteiger partial charge in [-0.25, -0.2) is 9.37 Å².